The molecule has 4 amide bonds. The van der Waals surface area contributed by atoms with Crippen molar-refractivity contribution in [1.29, 1.82) is 0 Å². The Balaban J connectivity index is 0.00000417. The SMILES string of the molecule is CC(C)(C)CCN1C(=O)C(CC(=O)N2CCC(N3CCc4ccccc4NC3=O)CC2)SC1c1ccccc1N1CCOCC1.[HH]. The summed E-state index contributed by atoms with van der Waals surface area (Å²) in [4.78, 5) is 48.9. The van der Waals surface area contributed by atoms with Crippen LogP contribution in [-0.4, -0.2) is 96.3 Å². The summed E-state index contributed by atoms with van der Waals surface area (Å²) in [6.07, 6.45) is 3.40. The number of hydrogen-bond acceptors (Lipinski definition) is 6. The zero-order chi connectivity index (χ0) is 31.6. The van der Waals surface area contributed by atoms with Gasteiger partial charge in [0, 0.05) is 70.1 Å². The number of piperidine rings is 1. The van der Waals surface area contributed by atoms with Crippen LogP contribution in [0.3, 0.4) is 0 Å². The number of amides is 4. The van der Waals surface area contributed by atoms with Crippen LogP contribution in [0.1, 0.15) is 64.4 Å². The Morgan fingerprint density at radius 2 is 1.69 bits per heavy atom. The van der Waals surface area contributed by atoms with Crippen LogP contribution in [-0.2, 0) is 20.7 Å². The van der Waals surface area contributed by atoms with Crippen LogP contribution >= 0.6 is 11.8 Å². The zero-order valence-electron chi connectivity index (χ0n) is 26.9. The first-order valence-corrected chi connectivity index (χ1v) is 17.4. The van der Waals surface area contributed by atoms with Crippen LogP contribution in [0, 0.1) is 5.41 Å². The normalized spacial score (nSPS) is 23.2. The van der Waals surface area contributed by atoms with Crippen molar-refractivity contribution >= 4 is 41.0 Å². The quantitative estimate of drug-likeness (QED) is 0.425. The number of para-hydroxylation sites is 2. The summed E-state index contributed by atoms with van der Waals surface area (Å²) >= 11 is 1.63. The van der Waals surface area contributed by atoms with E-state index in [1.165, 1.54) is 0 Å². The third kappa shape index (κ3) is 7.27. The Morgan fingerprint density at radius 3 is 2.44 bits per heavy atom. The highest BCUT2D eigenvalue weighted by atomic mass is 32.2. The van der Waals surface area contributed by atoms with Gasteiger partial charge in [-0.2, -0.15) is 0 Å². The number of urea groups is 1. The van der Waals surface area contributed by atoms with Gasteiger partial charge in [0.2, 0.25) is 11.8 Å². The lowest BCUT2D eigenvalue weighted by atomic mass is 9.92. The summed E-state index contributed by atoms with van der Waals surface area (Å²) in [5.41, 5.74) is 4.42. The van der Waals surface area contributed by atoms with Gasteiger partial charge < -0.3 is 29.7 Å². The molecule has 45 heavy (non-hydrogen) atoms. The van der Waals surface area contributed by atoms with Crippen molar-refractivity contribution in [3.63, 3.8) is 0 Å². The van der Waals surface area contributed by atoms with Gasteiger partial charge >= 0.3 is 6.03 Å². The van der Waals surface area contributed by atoms with Gasteiger partial charge in [0.25, 0.3) is 0 Å². The molecular formula is C35H49N5O4S. The van der Waals surface area contributed by atoms with Gasteiger partial charge in [0.1, 0.15) is 5.37 Å². The number of hydrogen-bond donors (Lipinski definition) is 1. The molecule has 2 aromatic carbocycles. The van der Waals surface area contributed by atoms with Gasteiger partial charge in [-0.15, -0.1) is 11.8 Å². The highest BCUT2D eigenvalue weighted by Gasteiger charge is 2.44. The van der Waals surface area contributed by atoms with Gasteiger partial charge in [0.15, 0.2) is 0 Å². The first-order valence-electron chi connectivity index (χ1n) is 16.5. The summed E-state index contributed by atoms with van der Waals surface area (Å²) in [7, 11) is 0. The summed E-state index contributed by atoms with van der Waals surface area (Å²) in [6, 6.07) is 16.4. The number of carbonyl (C=O) groups is 3. The molecule has 2 unspecified atom stereocenters. The van der Waals surface area contributed by atoms with Gasteiger partial charge in [0.05, 0.1) is 18.5 Å². The molecule has 0 bridgehead atoms. The Morgan fingerprint density at radius 1 is 0.978 bits per heavy atom. The number of rotatable bonds is 7. The van der Waals surface area contributed by atoms with Crippen molar-refractivity contribution in [1.82, 2.24) is 14.7 Å². The molecule has 2 atom stereocenters. The number of nitrogens with one attached hydrogen (secondary N) is 1. The monoisotopic (exact) mass is 635 g/mol. The van der Waals surface area contributed by atoms with Crippen LogP contribution in [0.25, 0.3) is 0 Å². The van der Waals surface area contributed by atoms with Crippen LogP contribution < -0.4 is 10.2 Å². The molecule has 0 aromatic heterocycles. The van der Waals surface area contributed by atoms with E-state index in [4.69, 9.17) is 4.74 Å². The summed E-state index contributed by atoms with van der Waals surface area (Å²) < 4.78 is 5.61. The van der Waals surface area contributed by atoms with Gasteiger partial charge in [-0.1, -0.05) is 57.2 Å². The average molecular weight is 636 g/mol. The zero-order valence-corrected chi connectivity index (χ0v) is 27.7. The number of benzene rings is 2. The second-order valence-corrected chi connectivity index (χ2v) is 15.1. The highest BCUT2D eigenvalue weighted by Crippen LogP contribution is 2.48. The number of fused-ring (bicyclic) bond motifs is 1. The van der Waals surface area contributed by atoms with E-state index in [1.807, 2.05) is 32.9 Å². The third-order valence-electron chi connectivity index (χ3n) is 9.55. The maximum absolute atomic E-state index is 14.0. The molecule has 9 nitrogen and oxygen atoms in total. The molecule has 3 saturated heterocycles. The van der Waals surface area contributed by atoms with Gasteiger partial charge in [-0.25, -0.2) is 4.79 Å². The number of nitrogens with zero attached hydrogens (tertiary/aromatic N) is 4. The van der Waals surface area contributed by atoms with Crippen LogP contribution in [0.5, 0.6) is 0 Å². The van der Waals surface area contributed by atoms with Crippen molar-refractivity contribution in [2.45, 2.75) is 69.5 Å². The molecule has 4 aliphatic heterocycles. The van der Waals surface area contributed by atoms with Crippen molar-refractivity contribution < 1.29 is 20.5 Å². The van der Waals surface area contributed by atoms with Crippen molar-refractivity contribution in [3.8, 4) is 0 Å². The number of thioether (sulfide) groups is 1. The molecule has 4 aliphatic rings. The molecule has 3 fully saturated rings. The van der Waals surface area contributed by atoms with Crippen LogP contribution in [0.4, 0.5) is 16.2 Å². The van der Waals surface area contributed by atoms with E-state index in [0.717, 1.165) is 61.3 Å². The molecule has 0 radical (unpaired) electrons. The summed E-state index contributed by atoms with van der Waals surface area (Å²) in [5.74, 6) is 0.0972. The molecule has 0 saturated carbocycles. The van der Waals surface area contributed by atoms with Crippen molar-refractivity contribution in [2.24, 2.45) is 5.41 Å². The molecule has 244 valence electrons. The van der Waals surface area contributed by atoms with E-state index in [2.05, 4.69) is 61.3 Å². The Kier molecular flexibility index (Phi) is 9.61. The fourth-order valence-electron chi connectivity index (χ4n) is 6.89. The van der Waals surface area contributed by atoms with Crippen LogP contribution in [0.2, 0.25) is 0 Å². The molecule has 1 N–H and O–H groups in total. The maximum Gasteiger partial charge on any atom is 0.322 e. The van der Waals surface area contributed by atoms with Crippen molar-refractivity contribution in [2.75, 3.05) is 62.7 Å². The lowest BCUT2D eigenvalue weighted by Gasteiger charge is -2.38. The Bertz CT molecular complexity index is 1390. The second-order valence-electron chi connectivity index (χ2n) is 13.8. The maximum atomic E-state index is 14.0. The fraction of sp³-hybridized carbons (Fsp3) is 0.571. The van der Waals surface area contributed by atoms with E-state index < -0.39 is 5.25 Å². The predicted molar refractivity (Wildman–Crippen MR) is 182 cm³/mol. The number of ether oxygens (including phenoxy) is 1. The second kappa shape index (κ2) is 13.6. The Labute approximate surface area is 273 Å². The van der Waals surface area contributed by atoms with E-state index in [1.54, 1.807) is 11.8 Å². The Hall–Kier alpha value is -3.24. The molecule has 0 aliphatic carbocycles. The molecule has 6 rings (SSSR count). The number of likely N-dealkylation sites (tertiary alicyclic amines) is 1. The fourth-order valence-corrected chi connectivity index (χ4v) is 8.39. The smallest absolute Gasteiger partial charge is 0.322 e. The number of carbonyl (C=O) groups excluding carboxylic acids is 3. The minimum Gasteiger partial charge on any atom is -0.378 e. The molecule has 10 heteroatoms. The first-order chi connectivity index (χ1) is 21.7. The predicted octanol–water partition coefficient (Wildman–Crippen LogP) is 5.62. The molecule has 0 spiro atoms. The summed E-state index contributed by atoms with van der Waals surface area (Å²) in [5, 5.41) is 2.53. The van der Waals surface area contributed by atoms with Crippen molar-refractivity contribution in [3.05, 3.63) is 59.7 Å². The molecule has 4 heterocycles. The van der Waals surface area contributed by atoms with Crippen LogP contribution in [0.15, 0.2) is 48.5 Å². The van der Waals surface area contributed by atoms with E-state index in [0.29, 0.717) is 39.4 Å². The third-order valence-corrected chi connectivity index (χ3v) is 11.0. The lowest BCUT2D eigenvalue weighted by molar-refractivity contribution is -0.137. The lowest BCUT2D eigenvalue weighted by Crippen LogP contribution is -2.50. The largest absolute Gasteiger partial charge is 0.378 e. The molecule has 2 aromatic rings. The first kappa shape index (κ1) is 31.7. The topological polar surface area (TPSA) is 85.4 Å². The van der Waals surface area contributed by atoms with E-state index in [-0.39, 0.29) is 42.5 Å². The highest BCUT2D eigenvalue weighted by molar-refractivity contribution is 8.01. The van der Waals surface area contributed by atoms with Gasteiger partial charge in [-0.3, -0.25) is 9.59 Å². The van der Waals surface area contributed by atoms with E-state index >= 15 is 0 Å². The number of morpholine rings is 1. The average Bonchev–Trinajstić information content (AvgIpc) is 3.24. The van der Waals surface area contributed by atoms with E-state index in [9.17, 15) is 14.4 Å². The minimum atomic E-state index is -0.409. The summed E-state index contributed by atoms with van der Waals surface area (Å²) in [6.45, 7) is 12.2. The minimum absolute atomic E-state index is 0. The standard InChI is InChI=1S/C35H47N5O4S.H2/c1-35(2,3)15-19-40-32(42)30(45-33(40)27-9-5-7-11-29(27)37-20-22-44-23-21-37)24-31(41)38-16-13-26(14-17-38)39-18-12-25-8-4-6-10-28(25)36-34(39)43;/h4-11,26,30,33H,12-24H2,1-3H3,(H,36,43);1H. The molecular weight excluding hydrogens is 586 g/mol. The van der Waals surface area contributed by atoms with Gasteiger partial charge in [-0.05, 0) is 48.8 Å². The number of anilines is 2.